The summed E-state index contributed by atoms with van der Waals surface area (Å²) in [6.07, 6.45) is 1.27. The molecule has 2 heterocycles. The number of nitrogens with zero attached hydrogens (tertiary/aromatic N) is 3. The minimum Gasteiger partial charge on any atom is -0.397 e. The molecule has 132 valence electrons. The van der Waals surface area contributed by atoms with Crippen molar-refractivity contribution in [1.82, 2.24) is 9.80 Å². The van der Waals surface area contributed by atoms with E-state index in [-0.39, 0.29) is 5.91 Å². The lowest BCUT2D eigenvalue weighted by atomic mass is 10.1. The third-order valence-electron chi connectivity index (χ3n) is 4.93. The van der Waals surface area contributed by atoms with Crippen LogP contribution in [0.3, 0.4) is 0 Å². The average Bonchev–Trinajstić information content (AvgIpc) is 2.61. The fourth-order valence-electron chi connectivity index (χ4n) is 3.32. The molecule has 0 aliphatic carbocycles. The summed E-state index contributed by atoms with van der Waals surface area (Å²) in [6.45, 7) is 6.87. The number of benzene rings is 1. The van der Waals surface area contributed by atoms with Gasteiger partial charge in [0.05, 0.1) is 24.6 Å². The highest BCUT2D eigenvalue weighted by Crippen LogP contribution is 2.26. The Kier molecular flexibility index (Phi) is 5.58. The molecule has 2 aliphatic heterocycles. The summed E-state index contributed by atoms with van der Waals surface area (Å²) in [4.78, 5) is 18.8. The number of hydrogen-bond donors (Lipinski definition) is 1. The van der Waals surface area contributed by atoms with Gasteiger partial charge in [-0.3, -0.25) is 4.79 Å². The molecular weight excluding hydrogens is 304 g/mol. The largest absolute Gasteiger partial charge is 0.397 e. The van der Waals surface area contributed by atoms with E-state index in [9.17, 15) is 4.79 Å². The Bertz CT molecular complexity index is 564. The molecule has 2 N–H and O–H groups in total. The number of ether oxygens (including phenoxy) is 1. The number of carbonyl (C=O) groups excluding carboxylic acids is 1. The fourth-order valence-corrected chi connectivity index (χ4v) is 3.32. The molecule has 6 nitrogen and oxygen atoms in total. The number of carbonyl (C=O) groups is 1. The zero-order valence-corrected chi connectivity index (χ0v) is 14.5. The Morgan fingerprint density at radius 3 is 2.50 bits per heavy atom. The van der Waals surface area contributed by atoms with Gasteiger partial charge in [0, 0.05) is 45.7 Å². The topological polar surface area (TPSA) is 62.0 Å². The van der Waals surface area contributed by atoms with E-state index in [0.717, 1.165) is 49.5 Å². The first kappa shape index (κ1) is 17.0. The first-order valence-electron chi connectivity index (χ1n) is 8.81. The van der Waals surface area contributed by atoms with E-state index >= 15 is 0 Å². The Labute approximate surface area is 144 Å². The number of piperazine rings is 1. The van der Waals surface area contributed by atoms with Crippen LogP contribution in [0.4, 0.5) is 11.4 Å². The molecule has 0 aromatic heterocycles. The number of likely N-dealkylation sites (N-methyl/N-ethyl adjacent to an activating group) is 1. The molecular formula is C18H28N4O2. The molecule has 1 amide bonds. The zero-order chi connectivity index (χ0) is 16.9. The maximum absolute atomic E-state index is 12.2. The van der Waals surface area contributed by atoms with Gasteiger partial charge in [-0.1, -0.05) is 6.07 Å². The number of hydrogen-bond acceptors (Lipinski definition) is 5. The van der Waals surface area contributed by atoms with Crippen LogP contribution < -0.4 is 10.6 Å². The second-order valence-electron chi connectivity index (χ2n) is 6.68. The number of morpholine rings is 1. The van der Waals surface area contributed by atoms with Crippen molar-refractivity contribution in [2.24, 2.45) is 0 Å². The minimum absolute atomic E-state index is 0.208. The molecule has 0 saturated carbocycles. The van der Waals surface area contributed by atoms with Crippen LogP contribution in [-0.4, -0.2) is 75.2 Å². The lowest BCUT2D eigenvalue weighted by Crippen LogP contribution is -2.44. The van der Waals surface area contributed by atoms with E-state index < -0.39 is 0 Å². The number of amides is 1. The molecule has 2 saturated heterocycles. The normalized spacial score (nSPS) is 19.5. The lowest BCUT2D eigenvalue weighted by Gasteiger charge is -2.34. The van der Waals surface area contributed by atoms with Crippen LogP contribution in [0.1, 0.15) is 12.0 Å². The molecule has 0 bridgehead atoms. The molecule has 0 radical (unpaired) electrons. The second-order valence-corrected chi connectivity index (χ2v) is 6.68. The van der Waals surface area contributed by atoms with Crippen LogP contribution in [0, 0.1) is 0 Å². The van der Waals surface area contributed by atoms with Gasteiger partial charge in [-0.15, -0.1) is 0 Å². The third-order valence-corrected chi connectivity index (χ3v) is 4.93. The lowest BCUT2D eigenvalue weighted by molar-refractivity contribution is -0.135. The highest BCUT2D eigenvalue weighted by Gasteiger charge is 2.18. The van der Waals surface area contributed by atoms with Gasteiger partial charge in [0.2, 0.25) is 5.91 Å². The zero-order valence-electron chi connectivity index (χ0n) is 14.5. The van der Waals surface area contributed by atoms with E-state index in [2.05, 4.69) is 29.0 Å². The molecule has 0 atom stereocenters. The molecule has 1 aromatic carbocycles. The van der Waals surface area contributed by atoms with Gasteiger partial charge in [0.15, 0.2) is 0 Å². The Hall–Kier alpha value is -1.79. The number of nitrogen functional groups attached to an aromatic ring is 1. The van der Waals surface area contributed by atoms with Crippen LogP contribution in [0.15, 0.2) is 18.2 Å². The predicted molar refractivity (Wildman–Crippen MR) is 96.3 cm³/mol. The van der Waals surface area contributed by atoms with Crippen molar-refractivity contribution in [2.45, 2.75) is 12.8 Å². The minimum atomic E-state index is 0.208. The van der Waals surface area contributed by atoms with Crippen molar-refractivity contribution in [3.8, 4) is 0 Å². The molecule has 2 fully saturated rings. The van der Waals surface area contributed by atoms with E-state index in [0.29, 0.717) is 32.7 Å². The van der Waals surface area contributed by atoms with E-state index in [4.69, 9.17) is 10.5 Å². The van der Waals surface area contributed by atoms with Crippen molar-refractivity contribution in [1.29, 1.82) is 0 Å². The maximum atomic E-state index is 12.2. The summed E-state index contributed by atoms with van der Waals surface area (Å²) in [5.74, 6) is 0.208. The molecule has 0 spiro atoms. The monoisotopic (exact) mass is 332 g/mol. The van der Waals surface area contributed by atoms with Crippen molar-refractivity contribution in [3.63, 3.8) is 0 Å². The van der Waals surface area contributed by atoms with Crippen molar-refractivity contribution < 1.29 is 9.53 Å². The molecule has 2 aliphatic rings. The molecule has 3 rings (SSSR count). The fraction of sp³-hybridized carbons (Fsp3) is 0.611. The standard InChI is InChI=1S/C18H28N4O2/c1-20-6-8-21(9-7-20)17-4-2-15(14-16(17)19)3-5-18(23)22-10-12-24-13-11-22/h2,4,14H,3,5-13,19H2,1H3. The van der Waals surface area contributed by atoms with Crippen LogP contribution in [0.25, 0.3) is 0 Å². The number of nitrogens with two attached hydrogens (primary N) is 1. The molecule has 1 aromatic rings. The summed E-state index contributed by atoms with van der Waals surface area (Å²) in [7, 11) is 2.15. The van der Waals surface area contributed by atoms with Gasteiger partial charge >= 0.3 is 0 Å². The van der Waals surface area contributed by atoms with Gasteiger partial charge in [-0.05, 0) is 31.2 Å². The molecule has 6 heteroatoms. The summed E-state index contributed by atoms with van der Waals surface area (Å²) < 4.78 is 5.29. The van der Waals surface area contributed by atoms with Crippen LogP contribution >= 0.6 is 0 Å². The van der Waals surface area contributed by atoms with E-state index in [1.54, 1.807) is 0 Å². The number of rotatable bonds is 4. The molecule has 0 unspecified atom stereocenters. The van der Waals surface area contributed by atoms with Crippen LogP contribution in [0.2, 0.25) is 0 Å². The van der Waals surface area contributed by atoms with E-state index in [1.807, 2.05) is 11.0 Å². The maximum Gasteiger partial charge on any atom is 0.223 e. The van der Waals surface area contributed by atoms with Gasteiger partial charge in [0.1, 0.15) is 0 Å². The average molecular weight is 332 g/mol. The number of aryl methyl sites for hydroxylation is 1. The Morgan fingerprint density at radius 1 is 1.12 bits per heavy atom. The Morgan fingerprint density at radius 2 is 1.83 bits per heavy atom. The Balaban J connectivity index is 1.55. The highest BCUT2D eigenvalue weighted by molar-refractivity contribution is 5.77. The summed E-state index contributed by atoms with van der Waals surface area (Å²) >= 11 is 0. The van der Waals surface area contributed by atoms with E-state index in [1.165, 1.54) is 0 Å². The first-order chi connectivity index (χ1) is 11.6. The van der Waals surface area contributed by atoms with Gasteiger partial charge in [-0.2, -0.15) is 0 Å². The summed E-state index contributed by atoms with van der Waals surface area (Å²) in [6, 6.07) is 6.24. The van der Waals surface area contributed by atoms with Gasteiger partial charge < -0.3 is 25.2 Å². The van der Waals surface area contributed by atoms with Crippen LogP contribution in [-0.2, 0) is 16.0 Å². The van der Waals surface area contributed by atoms with Gasteiger partial charge in [0.25, 0.3) is 0 Å². The summed E-state index contributed by atoms with van der Waals surface area (Å²) in [5.41, 5.74) is 9.33. The van der Waals surface area contributed by atoms with Crippen molar-refractivity contribution in [2.75, 3.05) is 70.2 Å². The molecule has 24 heavy (non-hydrogen) atoms. The first-order valence-corrected chi connectivity index (χ1v) is 8.81. The SMILES string of the molecule is CN1CCN(c2ccc(CCC(=O)N3CCOCC3)cc2N)CC1. The number of anilines is 2. The quantitative estimate of drug-likeness (QED) is 0.827. The van der Waals surface area contributed by atoms with Crippen LogP contribution in [0.5, 0.6) is 0 Å². The van der Waals surface area contributed by atoms with Gasteiger partial charge in [-0.25, -0.2) is 0 Å². The smallest absolute Gasteiger partial charge is 0.223 e. The summed E-state index contributed by atoms with van der Waals surface area (Å²) in [5, 5.41) is 0. The highest BCUT2D eigenvalue weighted by atomic mass is 16.5. The second kappa shape index (κ2) is 7.85. The van der Waals surface area contributed by atoms with Crippen molar-refractivity contribution >= 4 is 17.3 Å². The van der Waals surface area contributed by atoms with Crippen molar-refractivity contribution in [3.05, 3.63) is 23.8 Å². The third kappa shape index (κ3) is 4.19. The predicted octanol–water partition coefficient (Wildman–Crippen LogP) is 0.812.